The van der Waals surface area contributed by atoms with E-state index in [1.165, 1.54) is 22.2 Å². The molecule has 0 radical (unpaired) electrons. The standard InChI is InChI=1S/C21H24N4O2S2/c1-4-21(2)10-14-15(11-27-21)29-19-17(14)18(22)23-20(24-19)28-12-16(26)25(3)13-8-6-5-7-9-13/h5-9H,4,10-12H2,1-3H3,(H2,22,23,24)/t21-/m1/s1. The molecule has 0 aliphatic carbocycles. The summed E-state index contributed by atoms with van der Waals surface area (Å²) in [6.07, 6.45) is 1.76. The Morgan fingerprint density at radius 1 is 1.34 bits per heavy atom. The van der Waals surface area contributed by atoms with Gasteiger partial charge < -0.3 is 15.4 Å². The summed E-state index contributed by atoms with van der Waals surface area (Å²) in [6.45, 7) is 4.86. The Labute approximate surface area is 178 Å². The van der Waals surface area contributed by atoms with Gasteiger partial charge in [0.2, 0.25) is 5.91 Å². The van der Waals surface area contributed by atoms with Gasteiger partial charge in [0.15, 0.2) is 5.16 Å². The fraction of sp³-hybridized carbons (Fsp3) is 0.381. The van der Waals surface area contributed by atoms with Crippen LogP contribution in [0.25, 0.3) is 10.2 Å². The van der Waals surface area contributed by atoms with E-state index in [1.807, 2.05) is 30.3 Å². The zero-order chi connectivity index (χ0) is 20.6. The van der Waals surface area contributed by atoms with Gasteiger partial charge in [0.05, 0.1) is 23.3 Å². The fourth-order valence-corrected chi connectivity index (χ4v) is 5.32. The molecular weight excluding hydrogens is 404 g/mol. The smallest absolute Gasteiger partial charge is 0.237 e. The number of para-hydroxylation sites is 1. The number of carbonyl (C=O) groups is 1. The summed E-state index contributed by atoms with van der Waals surface area (Å²) in [4.78, 5) is 25.4. The van der Waals surface area contributed by atoms with Crippen molar-refractivity contribution in [1.29, 1.82) is 0 Å². The van der Waals surface area contributed by atoms with E-state index in [-0.39, 0.29) is 17.3 Å². The number of nitrogen functional groups attached to an aromatic ring is 1. The molecule has 1 aliphatic rings. The van der Waals surface area contributed by atoms with Gasteiger partial charge in [-0.15, -0.1) is 11.3 Å². The first-order chi connectivity index (χ1) is 13.9. The monoisotopic (exact) mass is 428 g/mol. The van der Waals surface area contributed by atoms with Gasteiger partial charge in [-0.05, 0) is 31.0 Å². The van der Waals surface area contributed by atoms with Crippen molar-refractivity contribution >= 4 is 50.7 Å². The van der Waals surface area contributed by atoms with E-state index in [1.54, 1.807) is 23.3 Å². The lowest BCUT2D eigenvalue weighted by Crippen LogP contribution is -2.33. The maximum absolute atomic E-state index is 12.5. The number of hydrogen-bond donors (Lipinski definition) is 1. The summed E-state index contributed by atoms with van der Waals surface area (Å²) in [6, 6.07) is 9.57. The number of benzene rings is 1. The summed E-state index contributed by atoms with van der Waals surface area (Å²) < 4.78 is 6.05. The molecular formula is C21H24N4O2S2. The van der Waals surface area contributed by atoms with Crippen molar-refractivity contribution in [2.45, 2.75) is 44.1 Å². The molecule has 6 nitrogen and oxygen atoms in total. The highest BCUT2D eigenvalue weighted by atomic mass is 32.2. The van der Waals surface area contributed by atoms with E-state index < -0.39 is 0 Å². The van der Waals surface area contributed by atoms with Gasteiger partial charge in [0.25, 0.3) is 0 Å². The van der Waals surface area contributed by atoms with Crippen LogP contribution in [0.2, 0.25) is 0 Å². The third-order valence-electron chi connectivity index (χ3n) is 5.43. The Morgan fingerprint density at radius 2 is 2.10 bits per heavy atom. The molecule has 3 aromatic rings. The summed E-state index contributed by atoms with van der Waals surface area (Å²) in [7, 11) is 1.77. The molecule has 2 aromatic heterocycles. The van der Waals surface area contributed by atoms with Crippen LogP contribution in [0.5, 0.6) is 0 Å². The van der Waals surface area contributed by atoms with Gasteiger partial charge in [-0.3, -0.25) is 4.79 Å². The Balaban J connectivity index is 1.53. The van der Waals surface area contributed by atoms with Crippen molar-refractivity contribution in [1.82, 2.24) is 9.97 Å². The second-order valence-electron chi connectivity index (χ2n) is 7.42. The van der Waals surface area contributed by atoms with Crippen LogP contribution in [0.3, 0.4) is 0 Å². The van der Waals surface area contributed by atoms with Crippen LogP contribution in [-0.4, -0.2) is 34.3 Å². The maximum atomic E-state index is 12.5. The van der Waals surface area contributed by atoms with Gasteiger partial charge in [-0.2, -0.15) is 0 Å². The summed E-state index contributed by atoms with van der Waals surface area (Å²) >= 11 is 2.92. The number of thioether (sulfide) groups is 1. The van der Waals surface area contributed by atoms with Gasteiger partial charge >= 0.3 is 0 Å². The minimum absolute atomic E-state index is 0.0129. The number of thiophene rings is 1. The quantitative estimate of drug-likeness (QED) is 0.483. The zero-order valence-corrected chi connectivity index (χ0v) is 18.4. The SMILES string of the molecule is CC[C@]1(C)Cc2c(sc3nc(SCC(=O)N(C)c4ccccc4)nc(N)c23)CO1. The molecule has 1 aromatic carbocycles. The number of fused-ring (bicyclic) bond motifs is 3. The molecule has 0 spiro atoms. The van der Waals surface area contributed by atoms with Crippen LogP contribution in [-0.2, 0) is 22.6 Å². The van der Waals surface area contributed by atoms with Crippen LogP contribution >= 0.6 is 23.1 Å². The highest BCUT2D eigenvalue weighted by Crippen LogP contribution is 2.41. The number of anilines is 2. The molecule has 0 bridgehead atoms. The van der Waals surface area contributed by atoms with Gasteiger partial charge in [-0.25, -0.2) is 9.97 Å². The second kappa shape index (κ2) is 7.93. The molecule has 3 heterocycles. The molecule has 1 aliphatic heterocycles. The molecule has 29 heavy (non-hydrogen) atoms. The predicted octanol–water partition coefficient (Wildman–Crippen LogP) is 4.27. The summed E-state index contributed by atoms with van der Waals surface area (Å²) in [5.74, 6) is 0.721. The fourth-order valence-electron chi connectivity index (χ4n) is 3.39. The lowest BCUT2D eigenvalue weighted by molar-refractivity contribution is -0.115. The molecule has 4 rings (SSSR count). The van der Waals surface area contributed by atoms with Crippen molar-refractivity contribution in [2.24, 2.45) is 0 Å². The molecule has 8 heteroatoms. The van der Waals surface area contributed by atoms with E-state index in [2.05, 4.69) is 23.8 Å². The predicted molar refractivity (Wildman–Crippen MR) is 120 cm³/mol. The third kappa shape index (κ3) is 3.97. The number of nitrogens with zero attached hydrogens (tertiary/aromatic N) is 3. The van der Waals surface area contributed by atoms with Crippen molar-refractivity contribution < 1.29 is 9.53 Å². The molecule has 152 valence electrons. The van der Waals surface area contributed by atoms with E-state index in [0.717, 1.165) is 28.7 Å². The third-order valence-corrected chi connectivity index (χ3v) is 7.37. The Kier molecular flexibility index (Phi) is 5.50. The lowest BCUT2D eigenvalue weighted by Gasteiger charge is -2.33. The van der Waals surface area contributed by atoms with Crippen molar-refractivity contribution in [3.8, 4) is 0 Å². The first-order valence-electron chi connectivity index (χ1n) is 9.56. The van der Waals surface area contributed by atoms with Crippen LogP contribution in [0.4, 0.5) is 11.5 Å². The zero-order valence-electron chi connectivity index (χ0n) is 16.8. The van der Waals surface area contributed by atoms with E-state index in [0.29, 0.717) is 17.6 Å². The van der Waals surface area contributed by atoms with Crippen LogP contribution in [0.15, 0.2) is 35.5 Å². The number of amides is 1. The maximum Gasteiger partial charge on any atom is 0.237 e. The minimum Gasteiger partial charge on any atom is -0.383 e. The molecule has 0 saturated carbocycles. The summed E-state index contributed by atoms with van der Waals surface area (Å²) in [5, 5.41) is 1.48. The van der Waals surface area contributed by atoms with E-state index >= 15 is 0 Å². The normalized spacial score (nSPS) is 18.6. The van der Waals surface area contributed by atoms with Crippen molar-refractivity contribution in [3.05, 3.63) is 40.8 Å². The highest BCUT2D eigenvalue weighted by Gasteiger charge is 2.33. The second-order valence-corrected chi connectivity index (χ2v) is 9.45. The van der Waals surface area contributed by atoms with Gasteiger partial charge in [0, 0.05) is 24.0 Å². The number of aromatic nitrogens is 2. The molecule has 2 N–H and O–H groups in total. The van der Waals surface area contributed by atoms with Crippen LogP contribution in [0.1, 0.15) is 30.7 Å². The van der Waals surface area contributed by atoms with Crippen LogP contribution in [0, 0.1) is 0 Å². The van der Waals surface area contributed by atoms with Crippen molar-refractivity contribution in [2.75, 3.05) is 23.4 Å². The average molecular weight is 429 g/mol. The molecule has 0 fully saturated rings. The number of hydrogen-bond acceptors (Lipinski definition) is 7. The largest absolute Gasteiger partial charge is 0.383 e. The first kappa shape index (κ1) is 20.1. The van der Waals surface area contributed by atoms with Crippen molar-refractivity contribution in [3.63, 3.8) is 0 Å². The number of nitrogens with two attached hydrogens (primary N) is 1. The van der Waals surface area contributed by atoms with Gasteiger partial charge in [0.1, 0.15) is 10.6 Å². The Hall–Kier alpha value is -2.16. The average Bonchev–Trinajstić information content (AvgIpc) is 3.09. The van der Waals surface area contributed by atoms with E-state index in [9.17, 15) is 4.79 Å². The lowest BCUT2D eigenvalue weighted by atomic mass is 9.90. The Bertz CT molecular complexity index is 1050. The van der Waals surface area contributed by atoms with Gasteiger partial charge in [-0.1, -0.05) is 36.9 Å². The molecule has 0 unspecified atom stereocenters. The molecule has 1 amide bonds. The highest BCUT2D eigenvalue weighted by molar-refractivity contribution is 7.99. The topological polar surface area (TPSA) is 81.3 Å². The number of carbonyl (C=O) groups excluding carboxylic acids is 1. The molecule has 1 atom stereocenters. The van der Waals surface area contributed by atoms with Crippen LogP contribution < -0.4 is 10.6 Å². The number of rotatable bonds is 5. The molecule has 0 saturated heterocycles. The Morgan fingerprint density at radius 3 is 2.83 bits per heavy atom. The minimum atomic E-state index is -0.171. The van der Waals surface area contributed by atoms with E-state index in [4.69, 9.17) is 10.5 Å². The summed E-state index contributed by atoms with van der Waals surface area (Å²) in [5.41, 5.74) is 8.22. The number of ether oxygens (including phenoxy) is 1. The first-order valence-corrected chi connectivity index (χ1v) is 11.4.